The second kappa shape index (κ2) is 9.09. The van der Waals surface area contributed by atoms with Crippen LogP contribution in [-0.2, 0) is 11.3 Å². The first-order valence-electron chi connectivity index (χ1n) is 12.4. The van der Waals surface area contributed by atoms with Gasteiger partial charge in [-0.15, -0.1) is 0 Å². The zero-order valence-corrected chi connectivity index (χ0v) is 22.0. The van der Waals surface area contributed by atoms with Gasteiger partial charge in [0.2, 0.25) is 0 Å². The van der Waals surface area contributed by atoms with Crippen molar-refractivity contribution < 1.29 is 14.3 Å². The van der Waals surface area contributed by atoms with Crippen molar-refractivity contribution in [3.8, 4) is 11.3 Å². The number of hydrogen-bond acceptors (Lipinski definition) is 6. The van der Waals surface area contributed by atoms with Crippen molar-refractivity contribution in [1.29, 1.82) is 0 Å². The Kier molecular flexibility index (Phi) is 6.18. The molecule has 4 N–H and O–H groups in total. The standard InChI is InChI=1S/C26H32ClN7O3/c1-25(2,3)37-24(36)32-9-8-26(15-32)10-18(11-26)34-22(28)20(23(29)35)21(31-34)17-12-30-33(14-17)13-16-6-4-5-7-19(16)27/h4-7,12,14,18H,8-11,13,15,28H2,1-3H3,(H2,29,35)/t18-,26-. The van der Waals surface area contributed by atoms with Crippen LogP contribution in [0.2, 0.25) is 5.02 Å². The zero-order valence-electron chi connectivity index (χ0n) is 21.3. The van der Waals surface area contributed by atoms with Crippen LogP contribution < -0.4 is 11.5 Å². The number of nitrogens with zero attached hydrogens (tertiary/aromatic N) is 5. The maximum atomic E-state index is 12.5. The highest BCUT2D eigenvalue weighted by atomic mass is 35.5. The van der Waals surface area contributed by atoms with Crippen LogP contribution >= 0.6 is 11.6 Å². The van der Waals surface area contributed by atoms with Crippen LogP contribution in [0.15, 0.2) is 36.7 Å². The van der Waals surface area contributed by atoms with Crippen LogP contribution in [0.4, 0.5) is 10.6 Å². The topological polar surface area (TPSA) is 134 Å². The Hall–Kier alpha value is -3.53. The zero-order chi connectivity index (χ0) is 26.5. The lowest BCUT2D eigenvalue weighted by Crippen LogP contribution is -2.43. The Morgan fingerprint density at radius 2 is 1.97 bits per heavy atom. The van der Waals surface area contributed by atoms with Crippen molar-refractivity contribution in [3.05, 3.63) is 52.8 Å². The minimum absolute atomic E-state index is 0.00679. The summed E-state index contributed by atoms with van der Waals surface area (Å²) >= 11 is 6.29. The quantitative estimate of drug-likeness (QED) is 0.515. The SMILES string of the molecule is CC(C)(C)OC(=O)N1CC[C@]2(C1)C[C@H](n1nc(-c3cnn(Cc4ccccc4Cl)c3)c(C(N)=O)c1N)C2. The summed E-state index contributed by atoms with van der Waals surface area (Å²) in [5.41, 5.74) is 13.8. The Morgan fingerprint density at radius 3 is 2.65 bits per heavy atom. The molecule has 0 bridgehead atoms. The van der Waals surface area contributed by atoms with E-state index in [2.05, 4.69) is 5.10 Å². The summed E-state index contributed by atoms with van der Waals surface area (Å²) in [5, 5.41) is 9.80. The number of carbonyl (C=O) groups excluding carboxylic acids is 2. The monoisotopic (exact) mass is 525 g/mol. The number of rotatable bonds is 5. The molecule has 1 saturated carbocycles. The summed E-state index contributed by atoms with van der Waals surface area (Å²) in [4.78, 5) is 26.7. The van der Waals surface area contributed by atoms with Crippen molar-refractivity contribution in [2.75, 3.05) is 18.8 Å². The molecule has 0 radical (unpaired) electrons. The third-order valence-corrected chi connectivity index (χ3v) is 7.53. The normalized spacial score (nSPS) is 21.3. The van der Waals surface area contributed by atoms with E-state index < -0.39 is 11.5 Å². The van der Waals surface area contributed by atoms with E-state index in [4.69, 9.17) is 32.9 Å². The van der Waals surface area contributed by atoms with Crippen LogP contribution in [0.5, 0.6) is 0 Å². The van der Waals surface area contributed by atoms with Gasteiger partial charge in [-0.25, -0.2) is 9.48 Å². The second-order valence-electron chi connectivity index (χ2n) is 11.1. The maximum absolute atomic E-state index is 12.5. The summed E-state index contributed by atoms with van der Waals surface area (Å²) in [6.07, 6.45) is 5.68. The van der Waals surface area contributed by atoms with Gasteiger partial charge >= 0.3 is 6.09 Å². The first kappa shape index (κ1) is 25.1. The van der Waals surface area contributed by atoms with Gasteiger partial charge in [-0.05, 0) is 57.1 Å². The van der Waals surface area contributed by atoms with Crippen LogP contribution in [-0.4, -0.2) is 55.2 Å². The molecule has 0 unspecified atom stereocenters. The van der Waals surface area contributed by atoms with Crippen molar-refractivity contribution in [1.82, 2.24) is 24.5 Å². The van der Waals surface area contributed by atoms with E-state index in [0.29, 0.717) is 35.9 Å². The van der Waals surface area contributed by atoms with Crippen LogP contribution in [0.1, 0.15) is 62.0 Å². The fraction of sp³-hybridized carbons (Fsp3) is 0.462. The average molecular weight is 526 g/mol. The van der Waals surface area contributed by atoms with Crippen molar-refractivity contribution in [2.24, 2.45) is 11.1 Å². The molecular formula is C26H32ClN7O3. The number of aromatic nitrogens is 4. The van der Waals surface area contributed by atoms with Gasteiger partial charge in [0, 0.05) is 29.9 Å². The molecule has 2 aliphatic rings. The van der Waals surface area contributed by atoms with Gasteiger partial charge in [0.15, 0.2) is 0 Å². The molecular weight excluding hydrogens is 494 g/mol. The minimum Gasteiger partial charge on any atom is -0.444 e. The highest BCUT2D eigenvalue weighted by molar-refractivity contribution is 6.31. The number of benzene rings is 1. The maximum Gasteiger partial charge on any atom is 0.410 e. The lowest BCUT2D eigenvalue weighted by atomic mass is 9.65. The molecule has 1 aliphatic heterocycles. The van der Waals surface area contributed by atoms with Crippen LogP contribution in [0.25, 0.3) is 11.3 Å². The largest absolute Gasteiger partial charge is 0.444 e. The highest BCUT2D eigenvalue weighted by Crippen LogP contribution is 2.55. The molecule has 2 fully saturated rings. The van der Waals surface area contributed by atoms with E-state index in [0.717, 1.165) is 24.8 Å². The number of anilines is 1. The average Bonchev–Trinajstić information content (AvgIpc) is 3.50. The fourth-order valence-electron chi connectivity index (χ4n) is 5.41. The number of ether oxygens (including phenoxy) is 1. The Labute approximate surface area is 220 Å². The second-order valence-corrected chi connectivity index (χ2v) is 11.6. The molecule has 196 valence electrons. The Morgan fingerprint density at radius 1 is 1.24 bits per heavy atom. The molecule has 10 nitrogen and oxygen atoms in total. The molecule has 5 rings (SSSR count). The summed E-state index contributed by atoms with van der Waals surface area (Å²) in [6, 6.07) is 7.58. The number of likely N-dealkylation sites (tertiary alicyclic amines) is 1. The molecule has 2 aromatic heterocycles. The van der Waals surface area contributed by atoms with E-state index in [1.165, 1.54) is 0 Å². The molecule has 1 spiro atoms. The van der Waals surface area contributed by atoms with Gasteiger partial charge in [0.25, 0.3) is 5.91 Å². The number of primary amides is 1. The lowest BCUT2D eigenvalue weighted by Gasteiger charge is -2.45. The van der Waals surface area contributed by atoms with Gasteiger partial charge in [-0.3, -0.25) is 9.48 Å². The van der Waals surface area contributed by atoms with Crippen molar-refractivity contribution in [2.45, 2.75) is 58.2 Å². The third-order valence-electron chi connectivity index (χ3n) is 7.16. The third kappa shape index (κ3) is 4.90. The predicted molar refractivity (Wildman–Crippen MR) is 140 cm³/mol. The molecule has 1 aliphatic carbocycles. The Balaban J connectivity index is 1.32. The fourth-order valence-corrected chi connectivity index (χ4v) is 5.60. The van der Waals surface area contributed by atoms with E-state index in [-0.39, 0.29) is 28.9 Å². The van der Waals surface area contributed by atoms with Gasteiger partial charge in [-0.2, -0.15) is 10.2 Å². The molecule has 0 atom stereocenters. The van der Waals surface area contributed by atoms with E-state index in [1.54, 1.807) is 26.7 Å². The predicted octanol–water partition coefficient (Wildman–Crippen LogP) is 4.09. The van der Waals surface area contributed by atoms with E-state index >= 15 is 0 Å². The van der Waals surface area contributed by atoms with Gasteiger partial charge in [0.1, 0.15) is 22.7 Å². The summed E-state index contributed by atoms with van der Waals surface area (Å²) in [6.45, 7) is 7.38. The molecule has 37 heavy (non-hydrogen) atoms. The molecule has 1 aromatic carbocycles. The molecule has 3 aromatic rings. The smallest absolute Gasteiger partial charge is 0.410 e. The van der Waals surface area contributed by atoms with Gasteiger partial charge < -0.3 is 21.1 Å². The summed E-state index contributed by atoms with van der Waals surface area (Å²) in [5.74, 6) is -0.383. The first-order valence-corrected chi connectivity index (χ1v) is 12.7. The Bertz CT molecular complexity index is 1350. The summed E-state index contributed by atoms with van der Waals surface area (Å²) in [7, 11) is 0. The van der Waals surface area contributed by atoms with E-state index in [1.807, 2.05) is 45.0 Å². The minimum atomic E-state index is -0.636. The van der Waals surface area contributed by atoms with E-state index in [9.17, 15) is 9.59 Å². The summed E-state index contributed by atoms with van der Waals surface area (Å²) < 4.78 is 8.98. The number of carbonyl (C=O) groups is 2. The lowest BCUT2D eigenvalue weighted by molar-refractivity contribution is 0.0187. The highest BCUT2D eigenvalue weighted by Gasteiger charge is 2.51. The molecule has 3 heterocycles. The number of nitrogen functional groups attached to an aromatic ring is 1. The van der Waals surface area contributed by atoms with Gasteiger partial charge in [0.05, 0.1) is 18.8 Å². The van der Waals surface area contributed by atoms with Crippen LogP contribution in [0.3, 0.4) is 0 Å². The number of amides is 2. The number of halogens is 1. The molecule has 1 saturated heterocycles. The van der Waals surface area contributed by atoms with Crippen molar-refractivity contribution >= 4 is 29.4 Å². The first-order chi connectivity index (χ1) is 17.4. The van der Waals surface area contributed by atoms with Crippen LogP contribution in [0, 0.1) is 5.41 Å². The molecule has 11 heteroatoms. The van der Waals surface area contributed by atoms with Gasteiger partial charge in [-0.1, -0.05) is 29.8 Å². The number of hydrogen-bond donors (Lipinski definition) is 2. The number of nitrogens with two attached hydrogens (primary N) is 2. The molecule has 2 amide bonds. The van der Waals surface area contributed by atoms with Crippen molar-refractivity contribution in [3.63, 3.8) is 0 Å².